The zero-order valence-electron chi connectivity index (χ0n) is 20.6. The molecule has 8 nitrogen and oxygen atoms in total. The molecule has 0 saturated heterocycles. The molecule has 188 valence electrons. The minimum Gasteiger partial charge on any atom is -0.494 e. The van der Waals surface area contributed by atoms with Crippen molar-refractivity contribution in [2.45, 2.75) is 72.0 Å². The molecule has 0 aliphatic rings. The number of carbonyl (C=O) groups is 2. The van der Waals surface area contributed by atoms with E-state index < -0.39 is 12.1 Å². The monoisotopic (exact) mass is 467 g/mol. The first-order chi connectivity index (χ1) is 15.9. The van der Waals surface area contributed by atoms with Crippen molar-refractivity contribution >= 4 is 12.1 Å². The van der Waals surface area contributed by atoms with E-state index in [4.69, 9.17) is 18.9 Å². The van der Waals surface area contributed by atoms with E-state index in [2.05, 4.69) is 6.92 Å². The quantitative estimate of drug-likeness (QED) is 0.317. The van der Waals surface area contributed by atoms with Gasteiger partial charge in [0.15, 0.2) is 6.10 Å². The van der Waals surface area contributed by atoms with Crippen LogP contribution in [-0.4, -0.2) is 73.8 Å². The van der Waals surface area contributed by atoms with Gasteiger partial charge >= 0.3 is 12.1 Å². The van der Waals surface area contributed by atoms with E-state index in [1.54, 1.807) is 11.8 Å². The van der Waals surface area contributed by atoms with Gasteiger partial charge in [0.25, 0.3) is 0 Å². The molecule has 0 heterocycles. The summed E-state index contributed by atoms with van der Waals surface area (Å²) >= 11 is 0. The Kier molecular flexibility index (Phi) is 15.0. The summed E-state index contributed by atoms with van der Waals surface area (Å²) in [5, 5.41) is 9.21. The Balaban J connectivity index is 2.48. The second kappa shape index (κ2) is 17.2. The first-order valence-corrected chi connectivity index (χ1v) is 12.0. The zero-order chi connectivity index (χ0) is 24.5. The highest BCUT2D eigenvalue weighted by atomic mass is 16.6. The number of hydrogen-bond acceptors (Lipinski definition) is 6. The van der Waals surface area contributed by atoms with E-state index in [-0.39, 0.29) is 12.2 Å². The maximum absolute atomic E-state index is 12.5. The van der Waals surface area contributed by atoms with Gasteiger partial charge in [0.05, 0.1) is 13.2 Å². The second-order valence-electron chi connectivity index (χ2n) is 7.89. The predicted octanol–water partition coefficient (Wildman–Crippen LogP) is 4.54. The van der Waals surface area contributed by atoms with Crippen LogP contribution in [0, 0.1) is 0 Å². The Morgan fingerprint density at radius 3 is 2.33 bits per heavy atom. The van der Waals surface area contributed by atoms with Gasteiger partial charge < -0.3 is 29.0 Å². The van der Waals surface area contributed by atoms with Crippen LogP contribution >= 0.6 is 0 Å². The van der Waals surface area contributed by atoms with Crippen LogP contribution < -0.4 is 4.74 Å². The molecule has 33 heavy (non-hydrogen) atoms. The number of carboxylic acid groups (broad SMARTS) is 1. The van der Waals surface area contributed by atoms with Crippen molar-refractivity contribution in [2.75, 3.05) is 39.5 Å². The van der Waals surface area contributed by atoms with Gasteiger partial charge in [-0.3, -0.25) is 0 Å². The standard InChI is InChI=1S/C25H41NO7/c1-5-8-16-30-18-15-26(25(29)33-20(4)6-2)14-9-17-32-22-12-10-21(11-13-22)19-23(24(27)28)31-7-3/h10-13,20,23H,5-9,14-19H2,1-4H3,(H,27,28). The molecule has 2 atom stereocenters. The minimum absolute atomic E-state index is 0.126. The molecule has 1 aromatic rings. The topological polar surface area (TPSA) is 94.5 Å². The molecule has 0 fully saturated rings. The number of unbranched alkanes of at least 4 members (excludes halogenated alkanes) is 1. The van der Waals surface area contributed by atoms with Crippen LogP contribution in [-0.2, 0) is 25.4 Å². The van der Waals surface area contributed by atoms with E-state index in [1.807, 2.05) is 38.1 Å². The first-order valence-electron chi connectivity index (χ1n) is 12.0. The SMILES string of the molecule is CCCCOCCN(CCCOc1ccc(CC(OCC)C(=O)O)cc1)C(=O)OC(C)CC. The van der Waals surface area contributed by atoms with E-state index in [1.165, 1.54) is 0 Å². The second-order valence-corrected chi connectivity index (χ2v) is 7.89. The summed E-state index contributed by atoms with van der Waals surface area (Å²) in [6.45, 7) is 10.7. The molecule has 1 rings (SSSR count). The molecule has 8 heteroatoms. The Bertz CT molecular complexity index is 665. The van der Waals surface area contributed by atoms with Gasteiger partial charge in [-0.1, -0.05) is 32.4 Å². The predicted molar refractivity (Wildman–Crippen MR) is 127 cm³/mol. The maximum Gasteiger partial charge on any atom is 0.410 e. The van der Waals surface area contributed by atoms with E-state index in [0.717, 1.165) is 24.8 Å². The highest BCUT2D eigenvalue weighted by Crippen LogP contribution is 2.15. The summed E-state index contributed by atoms with van der Waals surface area (Å²) in [4.78, 5) is 25.4. The fourth-order valence-electron chi connectivity index (χ4n) is 2.95. The maximum atomic E-state index is 12.5. The molecule has 1 N–H and O–H groups in total. The molecule has 0 radical (unpaired) electrons. The third-order valence-corrected chi connectivity index (χ3v) is 5.11. The van der Waals surface area contributed by atoms with Crippen LogP contribution in [0.1, 0.15) is 58.9 Å². The van der Waals surface area contributed by atoms with Crippen molar-refractivity contribution in [1.82, 2.24) is 4.90 Å². The largest absolute Gasteiger partial charge is 0.494 e. The lowest BCUT2D eigenvalue weighted by atomic mass is 10.1. The molecule has 0 aromatic heterocycles. The average molecular weight is 468 g/mol. The number of aliphatic carboxylic acids is 1. The number of ether oxygens (including phenoxy) is 4. The van der Waals surface area contributed by atoms with Crippen molar-refractivity contribution in [1.29, 1.82) is 0 Å². The average Bonchev–Trinajstić information content (AvgIpc) is 2.80. The molecule has 0 saturated carbocycles. The summed E-state index contributed by atoms with van der Waals surface area (Å²) in [5.74, 6) is -0.275. The van der Waals surface area contributed by atoms with Crippen LogP contribution in [0.5, 0.6) is 5.75 Å². The van der Waals surface area contributed by atoms with Crippen molar-refractivity contribution < 1.29 is 33.6 Å². The van der Waals surface area contributed by atoms with E-state index in [9.17, 15) is 14.7 Å². The summed E-state index contributed by atoms with van der Waals surface area (Å²) in [6.07, 6.45) is 2.50. The highest BCUT2D eigenvalue weighted by molar-refractivity contribution is 5.72. The molecule has 1 amide bonds. The molecule has 2 unspecified atom stereocenters. The number of amides is 1. The third-order valence-electron chi connectivity index (χ3n) is 5.11. The number of nitrogens with zero attached hydrogens (tertiary/aromatic N) is 1. The Hall–Kier alpha value is -2.32. The van der Waals surface area contributed by atoms with Gasteiger partial charge in [-0.05, 0) is 50.8 Å². The van der Waals surface area contributed by atoms with Gasteiger partial charge in [0, 0.05) is 32.7 Å². The van der Waals surface area contributed by atoms with Gasteiger partial charge in [0.1, 0.15) is 11.9 Å². The summed E-state index contributed by atoms with van der Waals surface area (Å²) in [5.41, 5.74) is 0.866. The Labute approximate surface area is 198 Å². The smallest absolute Gasteiger partial charge is 0.410 e. The van der Waals surface area contributed by atoms with E-state index in [0.29, 0.717) is 58.1 Å². The Morgan fingerprint density at radius 1 is 1.00 bits per heavy atom. The van der Waals surface area contributed by atoms with Gasteiger partial charge in [0.2, 0.25) is 0 Å². The fraction of sp³-hybridized carbons (Fsp3) is 0.680. The molecule has 0 spiro atoms. The Morgan fingerprint density at radius 2 is 1.73 bits per heavy atom. The molecule has 0 aliphatic heterocycles. The third kappa shape index (κ3) is 12.5. The van der Waals surface area contributed by atoms with Crippen molar-refractivity contribution in [3.63, 3.8) is 0 Å². The number of carboxylic acids is 1. The van der Waals surface area contributed by atoms with Crippen LogP contribution in [0.3, 0.4) is 0 Å². The fourth-order valence-corrected chi connectivity index (χ4v) is 2.95. The summed E-state index contributed by atoms with van der Waals surface area (Å²) in [7, 11) is 0. The number of rotatable bonds is 18. The molecular weight excluding hydrogens is 426 g/mol. The first kappa shape index (κ1) is 28.7. The van der Waals surface area contributed by atoms with Crippen LogP contribution in [0.25, 0.3) is 0 Å². The van der Waals surface area contributed by atoms with Crippen LogP contribution in [0.15, 0.2) is 24.3 Å². The molecule has 0 bridgehead atoms. The van der Waals surface area contributed by atoms with Gasteiger partial charge in [-0.15, -0.1) is 0 Å². The lowest BCUT2D eigenvalue weighted by Crippen LogP contribution is -2.37. The summed E-state index contributed by atoms with van der Waals surface area (Å²) in [6, 6.07) is 7.31. The molecule has 1 aromatic carbocycles. The number of hydrogen-bond donors (Lipinski definition) is 1. The van der Waals surface area contributed by atoms with Crippen LogP contribution in [0.2, 0.25) is 0 Å². The van der Waals surface area contributed by atoms with Crippen LogP contribution in [0.4, 0.5) is 4.79 Å². The highest BCUT2D eigenvalue weighted by Gasteiger charge is 2.18. The molecular formula is C25H41NO7. The molecule has 0 aliphatic carbocycles. The zero-order valence-corrected chi connectivity index (χ0v) is 20.6. The van der Waals surface area contributed by atoms with Gasteiger partial charge in [-0.25, -0.2) is 9.59 Å². The lowest BCUT2D eigenvalue weighted by Gasteiger charge is -2.24. The van der Waals surface area contributed by atoms with Crippen molar-refractivity contribution in [2.24, 2.45) is 0 Å². The van der Waals surface area contributed by atoms with Crippen molar-refractivity contribution in [3.8, 4) is 5.75 Å². The van der Waals surface area contributed by atoms with Crippen molar-refractivity contribution in [3.05, 3.63) is 29.8 Å². The summed E-state index contributed by atoms with van der Waals surface area (Å²) < 4.78 is 22.1. The minimum atomic E-state index is -0.968. The lowest BCUT2D eigenvalue weighted by molar-refractivity contribution is -0.149. The van der Waals surface area contributed by atoms with E-state index >= 15 is 0 Å². The number of benzene rings is 1. The van der Waals surface area contributed by atoms with Gasteiger partial charge in [-0.2, -0.15) is 0 Å². The number of carbonyl (C=O) groups excluding carboxylic acids is 1. The normalized spacial score (nSPS) is 12.7.